The van der Waals surface area contributed by atoms with Crippen LogP contribution in [-0.2, 0) is 0 Å². The molecule has 0 aromatic heterocycles. The van der Waals surface area contributed by atoms with Crippen molar-refractivity contribution in [3.8, 4) is 0 Å². The minimum Gasteiger partial charge on any atom is -0.100 e. The molecule has 0 nitrogen and oxygen atoms in total. The van der Waals surface area contributed by atoms with Crippen molar-refractivity contribution in [1.29, 1.82) is 0 Å². The second-order valence-corrected chi connectivity index (χ2v) is 9.29. The van der Waals surface area contributed by atoms with E-state index in [2.05, 4.69) is 79.0 Å². The molecule has 1 saturated carbocycles. The first kappa shape index (κ1) is 22.7. The second kappa shape index (κ2) is 10.3. The largest absolute Gasteiger partial charge is 0.100 e. The number of hydrogen-bond donors (Lipinski definition) is 0. The van der Waals surface area contributed by atoms with Crippen molar-refractivity contribution >= 4 is 0 Å². The highest BCUT2D eigenvalue weighted by atomic mass is 14.4. The van der Waals surface area contributed by atoms with Crippen molar-refractivity contribution in [2.45, 2.75) is 80.1 Å². The highest BCUT2D eigenvalue weighted by Crippen LogP contribution is 2.49. The fraction of sp³-hybridized carbons (Fsp3) is 0.571. The third-order valence-electron chi connectivity index (χ3n) is 6.98. The molecule has 0 N–H and O–H groups in total. The van der Waals surface area contributed by atoms with Crippen molar-refractivity contribution in [2.75, 3.05) is 0 Å². The van der Waals surface area contributed by atoms with Crippen LogP contribution in [0.25, 0.3) is 0 Å². The highest BCUT2D eigenvalue weighted by Gasteiger charge is 2.36. The van der Waals surface area contributed by atoms with E-state index in [1.54, 1.807) is 11.1 Å². The molecule has 0 aliphatic heterocycles. The molecular formula is C28H42. The Morgan fingerprint density at radius 2 is 1.93 bits per heavy atom. The maximum absolute atomic E-state index is 4.45. The van der Waals surface area contributed by atoms with E-state index in [9.17, 15) is 0 Å². The van der Waals surface area contributed by atoms with Crippen LogP contribution in [-0.4, -0.2) is 0 Å². The SMILES string of the molecule is C=C(C)CC(C(C)CC)C(CC(C)=C1C(=C)C=CCCC=C2CC21)C(C)=CC. The van der Waals surface area contributed by atoms with E-state index in [0.29, 0.717) is 23.7 Å². The maximum Gasteiger partial charge on any atom is 0.00910 e. The molecule has 2 aliphatic rings. The number of fused-ring (bicyclic) bond motifs is 1. The van der Waals surface area contributed by atoms with Crippen molar-refractivity contribution in [3.63, 3.8) is 0 Å². The summed E-state index contributed by atoms with van der Waals surface area (Å²) in [5.74, 6) is 2.57. The Bertz CT molecular complexity index is 706. The van der Waals surface area contributed by atoms with Gasteiger partial charge in [-0.2, -0.15) is 0 Å². The molecule has 28 heavy (non-hydrogen) atoms. The molecule has 2 rings (SSSR count). The molecule has 0 amide bonds. The molecule has 2 aliphatic carbocycles. The second-order valence-electron chi connectivity index (χ2n) is 9.29. The third kappa shape index (κ3) is 5.72. The Kier molecular flexibility index (Phi) is 8.35. The van der Waals surface area contributed by atoms with Crippen LogP contribution < -0.4 is 0 Å². The lowest BCUT2D eigenvalue weighted by Gasteiger charge is -2.34. The van der Waals surface area contributed by atoms with Gasteiger partial charge in [0.1, 0.15) is 0 Å². The zero-order chi connectivity index (χ0) is 20.8. The lowest BCUT2D eigenvalue weighted by atomic mass is 9.71. The molecule has 0 spiro atoms. The third-order valence-corrected chi connectivity index (χ3v) is 6.98. The average Bonchev–Trinajstić information content (AvgIpc) is 3.40. The molecule has 0 bridgehead atoms. The van der Waals surface area contributed by atoms with E-state index in [1.807, 2.05) is 0 Å². The summed E-state index contributed by atoms with van der Waals surface area (Å²) in [6.07, 6.45) is 16.4. The fourth-order valence-electron chi connectivity index (χ4n) is 4.91. The molecule has 0 saturated heterocycles. The van der Waals surface area contributed by atoms with E-state index in [4.69, 9.17) is 0 Å². The summed E-state index contributed by atoms with van der Waals surface area (Å²) in [7, 11) is 0. The minimum atomic E-state index is 0.583. The Hall–Kier alpha value is -1.56. The standard InChI is InChI=1S/C28H42/c1-9-20(5)25(16-19(3)4)26(21(6)10-2)17-23(8)28-22(7)14-12-11-13-15-24-18-27(24)28/h10,12,14-15,20,25-27H,3,7,9,11,13,16-18H2,1-2,4-6,8H3. The fourth-order valence-corrected chi connectivity index (χ4v) is 4.91. The Morgan fingerprint density at radius 1 is 1.21 bits per heavy atom. The van der Waals surface area contributed by atoms with Gasteiger partial charge in [0, 0.05) is 5.92 Å². The molecule has 0 aromatic carbocycles. The van der Waals surface area contributed by atoms with Gasteiger partial charge in [-0.1, -0.05) is 73.4 Å². The van der Waals surface area contributed by atoms with Gasteiger partial charge in [0.05, 0.1) is 0 Å². The van der Waals surface area contributed by atoms with E-state index in [0.717, 1.165) is 19.3 Å². The first-order valence-electron chi connectivity index (χ1n) is 11.3. The minimum absolute atomic E-state index is 0.583. The Balaban J connectivity index is 2.40. The van der Waals surface area contributed by atoms with Crippen LogP contribution >= 0.6 is 0 Å². The summed E-state index contributed by atoms with van der Waals surface area (Å²) < 4.78 is 0. The van der Waals surface area contributed by atoms with Gasteiger partial charge >= 0.3 is 0 Å². The van der Waals surface area contributed by atoms with Crippen molar-refractivity contribution in [1.82, 2.24) is 0 Å². The van der Waals surface area contributed by atoms with E-state index < -0.39 is 0 Å². The average molecular weight is 379 g/mol. The monoisotopic (exact) mass is 378 g/mol. The lowest BCUT2D eigenvalue weighted by Crippen LogP contribution is -2.24. The quantitative estimate of drug-likeness (QED) is 0.370. The summed E-state index contributed by atoms with van der Waals surface area (Å²) in [5, 5.41) is 0. The van der Waals surface area contributed by atoms with E-state index in [-0.39, 0.29) is 0 Å². The summed E-state index contributed by atoms with van der Waals surface area (Å²) in [5.41, 5.74) is 8.79. The first-order valence-corrected chi connectivity index (χ1v) is 11.3. The van der Waals surface area contributed by atoms with Crippen LogP contribution in [0.2, 0.25) is 0 Å². The smallest absolute Gasteiger partial charge is 0.00910 e. The Labute approximate surface area is 174 Å². The zero-order valence-electron chi connectivity index (χ0n) is 19.3. The van der Waals surface area contributed by atoms with Crippen molar-refractivity contribution in [3.05, 3.63) is 70.9 Å². The predicted molar refractivity (Wildman–Crippen MR) is 126 cm³/mol. The van der Waals surface area contributed by atoms with Gasteiger partial charge in [-0.05, 0) is 88.7 Å². The van der Waals surface area contributed by atoms with E-state index >= 15 is 0 Å². The normalized spacial score (nSPS) is 24.9. The van der Waals surface area contributed by atoms with Crippen LogP contribution in [0.3, 0.4) is 0 Å². The number of hydrogen-bond acceptors (Lipinski definition) is 0. The van der Waals surface area contributed by atoms with Gasteiger partial charge in [0.15, 0.2) is 0 Å². The van der Waals surface area contributed by atoms with Crippen LogP contribution in [0, 0.1) is 23.7 Å². The van der Waals surface area contributed by atoms with Crippen LogP contribution in [0.4, 0.5) is 0 Å². The molecule has 154 valence electrons. The van der Waals surface area contributed by atoms with Gasteiger partial charge < -0.3 is 0 Å². The van der Waals surface area contributed by atoms with Crippen LogP contribution in [0.1, 0.15) is 80.1 Å². The summed E-state index contributed by atoms with van der Waals surface area (Å²) in [6.45, 7) is 22.5. The zero-order valence-corrected chi connectivity index (χ0v) is 19.3. The van der Waals surface area contributed by atoms with Gasteiger partial charge in [-0.25, -0.2) is 0 Å². The first-order chi connectivity index (χ1) is 13.3. The van der Waals surface area contributed by atoms with Crippen molar-refractivity contribution < 1.29 is 0 Å². The van der Waals surface area contributed by atoms with Gasteiger partial charge in [0.25, 0.3) is 0 Å². The summed E-state index contributed by atoms with van der Waals surface area (Å²) in [6, 6.07) is 0. The molecular weight excluding hydrogens is 336 g/mol. The molecule has 0 heteroatoms. The van der Waals surface area contributed by atoms with Gasteiger partial charge in [-0.15, -0.1) is 6.58 Å². The molecule has 1 fully saturated rings. The van der Waals surface area contributed by atoms with E-state index in [1.165, 1.54) is 41.6 Å². The van der Waals surface area contributed by atoms with Crippen LogP contribution in [0.15, 0.2) is 70.9 Å². The van der Waals surface area contributed by atoms with Crippen LogP contribution in [0.5, 0.6) is 0 Å². The van der Waals surface area contributed by atoms with Gasteiger partial charge in [-0.3, -0.25) is 0 Å². The summed E-state index contributed by atoms with van der Waals surface area (Å²) in [4.78, 5) is 0. The number of rotatable bonds is 8. The predicted octanol–water partition coefficient (Wildman–Crippen LogP) is 8.76. The molecule has 0 radical (unpaired) electrons. The molecule has 4 unspecified atom stereocenters. The summed E-state index contributed by atoms with van der Waals surface area (Å²) >= 11 is 0. The Morgan fingerprint density at radius 3 is 2.54 bits per heavy atom. The highest BCUT2D eigenvalue weighted by molar-refractivity contribution is 5.51. The van der Waals surface area contributed by atoms with Crippen molar-refractivity contribution in [2.24, 2.45) is 23.7 Å². The number of allylic oxidation sites excluding steroid dienone is 10. The maximum atomic E-state index is 4.45. The van der Waals surface area contributed by atoms with Gasteiger partial charge in [0.2, 0.25) is 0 Å². The molecule has 0 aromatic rings. The lowest BCUT2D eigenvalue weighted by molar-refractivity contribution is 0.257. The molecule has 4 atom stereocenters. The topological polar surface area (TPSA) is 0 Å². The molecule has 0 heterocycles.